The number of nitrogens with one attached hydrogen (secondary N) is 1. The summed E-state index contributed by atoms with van der Waals surface area (Å²) in [5.41, 5.74) is 1.37. The van der Waals surface area contributed by atoms with Crippen molar-refractivity contribution in [1.29, 1.82) is 0 Å². The van der Waals surface area contributed by atoms with E-state index in [1.54, 1.807) is 0 Å². The van der Waals surface area contributed by atoms with E-state index in [0.717, 1.165) is 29.9 Å². The van der Waals surface area contributed by atoms with E-state index in [-0.39, 0.29) is 5.41 Å². The summed E-state index contributed by atoms with van der Waals surface area (Å²) in [6.07, 6.45) is 2.54. The molecule has 0 amide bonds. The van der Waals surface area contributed by atoms with Crippen LogP contribution in [0, 0.1) is 5.92 Å². The first-order chi connectivity index (χ1) is 8.97. The second-order valence-electron chi connectivity index (χ2n) is 6.41. The van der Waals surface area contributed by atoms with Gasteiger partial charge in [0.2, 0.25) is 0 Å². The molecule has 106 valence electrons. The Labute approximate surface area is 125 Å². The summed E-state index contributed by atoms with van der Waals surface area (Å²) in [4.78, 5) is 0. The van der Waals surface area contributed by atoms with Crippen LogP contribution >= 0.6 is 15.9 Å². The Bertz CT molecular complexity index is 419. The third-order valence-corrected chi connectivity index (χ3v) is 4.12. The van der Waals surface area contributed by atoms with Gasteiger partial charge in [0.25, 0.3) is 0 Å². The smallest absolute Gasteiger partial charge is 0.123 e. The molecule has 1 saturated heterocycles. The van der Waals surface area contributed by atoms with E-state index < -0.39 is 0 Å². The second kappa shape index (κ2) is 6.27. The lowest BCUT2D eigenvalue weighted by molar-refractivity contribution is 0.215. The average Bonchev–Trinajstić information content (AvgIpc) is 2.37. The highest BCUT2D eigenvalue weighted by atomic mass is 79.9. The Morgan fingerprint density at radius 3 is 2.79 bits per heavy atom. The molecule has 3 heteroatoms. The first-order valence-electron chi connectivity index (χ1n) is 7.10. The normalized spacial score (nSPS) is 20.3. The summed E-state index contributed by atoms with van der Waals surface area (Å²) in [7, 11) is 0. The summed E-state index contributed by atoms with van der Waals surface area (Å²) in [6, 6.07) is 6.32. The van der Waals surface area contributed by atoms with Crippen LogP contribution in [0.3, 0.4) is 0 Å². The zero-order valence-electron chi connectivity index (χ0n) is 12.1. The van der Waals surface area contributed by atoms with Crippen molar-refractivity contribution in [1.82, 2.24) is 5.32 Å². The number of piperidine rings is 1. The van der Waals surface area contributed by atoms with Gasteiger partial charge in [-0.2, -0.15) is 0 Å². The molecule has 0 saturated carbocycles. The summed E-state index contributed by atoms with van der Waals surface area (Å²) < 4.78 is 7.21. The monoisotopic (exact) mass is 325 g/mol. The Morgan fingerprint density at radius 1 is 1.37 bits per heavy atom. The SMILES string of the molecule is CC(C)(C)c1cc(Br)ccc1OC[C@H]1CCCNC1. The van der Waals surface area contributed by atoms with Crippen molar-refractivity contribution < 1.29 is 4.74 Å². The van der Waals surface area contributed by atoms with Crippen molar-refractivity contribution in [2.75, 3.05) is 19.7 Å². The van der Waals surface area contributed by atoms with Gasteiger partial charge in [-0.3, -0.25) is 0 Å². The van der Waals surface area contributed by atoms with Crippen molar-refractivity contribution in [3.63, 3.8) is 0 Å². The molecule has 2 nitrogen and oxygen atoms in total. The molecule has 1 atom stereocenters. The molecule has 1 N–H and O–H groups in total. The summed E-state index contributed by atoms with van der Waals surface area (Å²) >= 11 is 3.55. The van der Waals surface area contributed by atoms with Crippen molar-refractivity contribution >= 4 is 15.9 Å². The fraction of sp³-hybridized carbons (Fsp3) is 0.625. The molecule has 0 aliphatic carbocycles. The van der Waals surface area contributed by atoms with E-state index >= 15 is 0 Å². The minimum absolute atomic E-state index is 0.101. The lowest BCUT2D eigenvalue weighted by Gasteiger charge is -2.26. The van der Waals surface area contributed by atoms with Gasteiger partial charge >= 0.3 is 0 Å². The van der Waals surface area contributed by atoms with Gasteiger partial charge in [0.05, 0.1) is 6.61 Å². The van der Waals surface area contributed by atoms with Crippen LogP contribution in [-0.4, -0.2) is 19.7 Å². The van der Waals surface area contributed by atoms with Crippen molar-refractivity contribution in [3.8, 4) is 5.75 Å². The average molecular weight is 326 g/mol. The highest BCUT2D eigenvalue weighted by Gasteiger charge is 2.20. The maximum atomic E-state index is 6.10. The second-order valence-corrected chi connectivity index (χ2v) is 7.33. The van der Waals surface area contributed by atoms with Gasteiger partial charge in [0.1, 0.15) is 5.75 Å². The van der Waals surface area contributed by atoms with Gasteiger partial charge < -0.3 is 10.1 Å². The Kier molecular flexibility index (Phi) is 4.91. The van der Waals surface area contributed by atoms with Crippen LogP contribution in [0.25, 0.3) is 0 Å². The Morgan fingerprint density at radius 2 is 2.16 bits per heavy atom. The van der Waals surface area contributed by atoms with Gasteiger partial charge in [-0.1, -0.05) is 36.7 Å². The third kappa shape index (κ3) is 4.22. The lowest BCUT2D eigenvalue weighted by Crippen LogP contribution is -2.33. The molecule has 0 aromatic heterocycles. The highest BCUT2D eigenvalue weighted by Crippen LogP contribution is 2.34. The van der Waals surface area contributed by atoms with Crippen LogP contribution in [-0.2, 0) is 5.41 Å². The number of benzene rings is 1. The maximum absolute atomic E-state index is 6.10. The van der Waals surface area contributed by atoms with Gasteiger partial charge in [-0.05, 0) is 43.0 Å². The third-order valence-electron chi connectivity index (χ3n) is 3.62. The van der Waals surface area contributed by atoms with Crippen LogP contribution in [0.4, 0.5) is 0 Å². The Balaban J connectivity index is 2.06. The first kappa shape index (κ1) is 14.9. The van der Waals surface area contributed by atoms with Crippen LogP contribution < -0.4 is 10.1 Å². The maximum Gasteiger partial charge on any atom is 0.123 e. The fourth-order valence-electron chi connectivity index (χ4n) is 2.49. The highest BCUT2D eigenvalue weighted by molar-refractivity contribution is 9.10. The first-order valence-corrected chi connectivity index (χ1v) is 7.89. The van der Waals surface area contributed by atoms with Gasteiger partial charge in [-0.15, -0.1) is 0 Å². The molecular weight excluding hydrogens is 302 g/mol. The van der Waals surface area contributed by atoms with Gasteiger partial charge in [0.15, 0.2) is 0 Å². The number of rotatable bonds is 3. The standard InChI is InChI=1S/C16H24BrNO/c1-16(2,3)14-9-13(17)6-7-15(14)19-11-12-5-4-8-18-10-12/h6-7,9,12,18H,4-5,8,10-11H2,1-3H3/t12-/m0/s1. The molecule has 0 spiro atoms. The van der Waals surface area contributed by atoms with E-state index in [1.165, 1.54) is 18.4 Å². The molecule has 0 radical (unpaired) electrons. The summed E-state index contributed by atoms with van der Waals surface area (Å²) in [5.74, 6) is 1.67. The largest absolute Gasteiger partial charge is 0.493 e. The zero-order chi connectivity index (χ0) is 13.9. The molecule has 1 aromatic carbocycles. The minimum atomic E-state index is 0.101. The zero-order valence-corrected chi connectivity index (χ0v) is 13.7. The molecule has 2 rings (SSSR count). The predicted octanol–water partition coefficient (Wildman–Crippen LogP) is 4.13. The van der Waals surface area contributed by atoms with E-state index in [4.69, 9.17) is 4.74 Å². The van der Waals surface area contributed by atoms with Crippen LogP contribution in [0.15, 0.2) is 22.7 Å². The summed E-state index contributed by atoms with van der Waals surface area (Å²) in [5, 5.41) is 3.44. The molecule has 1 heterocycles. The molecule has 0 bridgehead atoms. The lowest BCUT2D eigenvalue weighted by atomic mass is 9.86. The minimum Gasteiger partial charge on any atom is -0.493 e. The fourth-order valence-corrected chi connectivity index (χ4v) is 2.85. The molecule has 1 aromatic rings. The molecule has 19 heavy (non-hydrogen) atoms. The predicted molar refractivity (Wildman–Crippen MR) is 83.9 cm³/mol. The summed E-state index contributed by atoms with van der Waals surface area (Å²) in [6.45, 7) is 9.73. The van der Waals surface area contributed by atoms with E-state index in [9.17, 15) is 0 Å². The van der Waals surface area contributed by atoms with Crippen LogP contribution in [0.2, 0.25) is 0 Å². The molecule has 1 fully saturated rings. The van der Waals surface area contributed by atoms with E-state index in [2.05, 4.69) is 60.2 Å². The quantitative estimate of drug-likeness (QED) is 0.902. The van der Waals surface area contributed by atoms with Crippen LogP contribution in [0.1, 0.15) is 39.2 Å². The topological polar surface area (TPSA) is 21.3 Å². The van der Waals surface area contributed by atoms with Crippen molar-refractivity contribution in [2.24, 2.45) is 5.92 Å². The van der Waals surface area contributed by atoms with Crippen LogP contribution in [0.5, 0.6) is 5.75 Å². The molecule has 1 aliphatic heterocycles. The molecular formula is C16H24BrNO. The van der Waals surface area contributed by atoms with E-state index in [0.29, 0.717) is 5.92 Å². The number of ether oxygens (including phenoxy) is 1. The van der Waals surface area contributed by atoms with E-state index in [1.807, 2.05) is 0 Å². The number of hydrogen-bond acceptors (Lipinski definition) is 2. The van der Waals surface area contributed by atoms with Crippen molar-refractivity contribution in [3.05, 3.63) is 28.2 Å². The van der Waals surface area contributed by atoms with Gasteiger partial charge in [-0.25, -0.2) is 0 Å². The Hall–Kier alpha value is -0.540. The van der Waals surface area contributed by atoms with Crippen molar-refractivity contribution in [2.45, 2.75) is 39.0 Å². The molecule has 1 aliphatic rings. The van der Waals surface area contributed by atoms with Gasteiger partial charge in [0, 0.05) is 22.5 Å². The number of hydrogen-bond donors (Lipinski definition) is 1. The molecule has 0 unspecified atom stereocenters. The number of halogens is 1.